The van der Waals surface area contributed by atoms with E-state index in [1.165, 1.54) is 0 Å². The molecule has 0 radical (unpaired) electrons. The molecule has 0 fully saturated rings. The van der Waals surface area contributed by atoms with Gasteiger partial charge in [0.05, 0.1) is 6.61 Å². The highest BCUT2D eigenvalue weighted by atomic mass is 16.5. The first-order valence-corrected chi connectivity index (χ1v) is 5.87. The second kappa shape index (κ2) is 5.80. The van der Waals surface area contributed by atoms with Crippen molar-refractivity contribution in [3.05, 3.63) is 36.0 Å². The molecule has 1 N–H and O–H groups in total. The van der Waals surface area contributed by atoms with Crippen LogP contribution in [0, 0.1) is 6.92 Å². The lowest BCUT2D eigenvalue weighted by Crippen LogP contribution is -2.22. The van der Waals surface area contributed by atoms with E-state index in [1.807, 2.05) is 37.3 Å². The monoisotopic (exact) mass is 247 g/mol. The van der Waals surface area contributed by atoms with Gasteiger partial charge in [0.2, 0.25) is 0 Å². The minimum atomic E-state index is -0.630. The number of aromatic nitrogens is 1. The molecule has 2 rings (SSSR count). The largest absolute Gasteiger partial charge is 0.489 e. The number of benzene rings is 1. The Morgan fingerprint density at radius 2 is 2.06 bits per heavy atom. The lowest BCUT2D eigenvalue weighted by Gasteiger charge is -2.12. The average molecular weight is 247 g/mol. The number of para-hydroxylation sites is 1. The molecule has 2 aromatic rings. The van der Waals surface area contributed by atoms with Gasteiger partial charge in [-0.15, -0.1) is 0 Å². The predicted molar refractivity (Wildman–Crippen MR) is 69.9 cm³/mol. The van der Waals surface area contributed by atoms with Crippen molar-refractivity contribution in [2.45, 2.75) is 13.0 Å². The van der Waals surface area contributed by atoms with Crippen LogP contribution in [0.3, 0.4) is 0 Å². The molecular formula is C14H17NO3. The Morgan fingerprint density at radius 1 is 1.22 bits per heavy atom. The predicted octanol–water partition coefficient (Wildman–Crippen LogP) is 1.93. The van der Waals surface area contributed by atoms with Crippen LogP contribution >= 0.6 is 0 Å². The molecule has 96 valence electrons. The molecule has 4 nitrogen and oxygen atoms in total. The van der Waals surface area contributed by atoms with Crippen LogP contribution in [0.4, 0.5) is 0 Å². The standard InChI is InChI=1S/C14H17NO3/c1-10-6-7-11-4-3-5-13(14(11)15-10)18-9-12(16)8-17-2/h3-7,12,16H,8-9H2,1-2H3. The Kier molecular flexibility index (Phi) is 4.12. The van der Waals surface area contributed by atoms with Crippen LogP contribution in [0.15, 0.2) is 30.3 Å². The summed E-state index contributed by atoms with van der Waals surface area (Å²) in [6.45, 7) is 2.40. The molecule has 4 heteroatoms. The number of fused-ring (bicyclic) bond motifs is 1. The summed E-state index contributed by atoms with van der Waals surface area (Å²) in [5, 5.41) is 10.6. The van der Waals surface area contributed by atoms with Crippen molar-refractivity contribution < 1.29 is 14.6 Å². The van der Waals surface area contributed by atoms with E-state index >= 15 is 0 Å². The number of aliphatic hydroxyl groups excluding tert-OH is 1. The third-order valence-corrected chi connectivity index (χ3v) is 2.61. The fourth-order valence-electron chi connectivity index (χ4n) is 1.76. The quantitative estimate of drug-likeness (QED) is 0.877. The van der Waals surface area contributed by atoms with E-state index in [9.17, 15) is 5.11 Å². The SMILES string of the molecule is COCC(O)COc1cccc2ccc(C)nc12. The number of ether oxygens (including phenoxy) is 2. The lowest BCUT2D eigenvalue weighted by atomic mass is 10.2. The zero-order valence-electron chi connectivity index (χ0n) is 10.6. The van der Waals surface area contributed by atoms with Gasteiger partial charge in [0.15, 0.2) is 0 Å². The highest BCUT2D eigenvalue weighted by Gasteiger charge is 2.07. The summed E-state index contributed by atoms with van der Waals surface area (Å²) in [5.74, 6) is 0.686. The first kappa shape index (κ1) is 12.8. The van der Waals surface area contributed by atoms with E-state index in [-0.39, 0.29) is 13.2 Å². The number of aliphatic hydroxyl groups is 1. The minimum Gasteiger partial charge on any atom is -0.489 e. The molecule has 0 saturated carbocycles. The number of methoxy groups -OCH3 is 1. The lowest BCUT2D eigenvalue weighted by molar-refractivity contribution is 0.0329. The van der Waals surface area contributed by atoms with Gasteiger partial charge in [-0.1, -0.05) is 18.2 Å². The van der Waals surface area contributed by atoms with Gasteiger partial charge in [0.1, 0.15) is 24.0 Å². The normalized spacial score (nSPS) is 12.6. The number of rotatable bonds is 5. The molecule has 0 amide bonds. The minimum absolute atomic E-state index is 0.197. The smallest absolute Gasteiger partial charge is 0.145 e. The van der Waals surface area contributed by atoms with Crippen molar-refractivity contribution in [1.29, 1.82) is 0 Å². The van der Waals surface area contributed by atoms with Gasteiger partial charge in [0, 0.05) is 18.2 Å². The van der Waals surface area contributed by atoms with Crippen molar-refractivity contribution in [2.24, 2.45) is 0 Å². The first-order valence-electron chi connectivity index (χ1n) is 5.87. The van der Waals surface area contributed by atoms with E-state index in [4.69, 9.17) is 9.47 Å². The maximum Gasteiger partial charge on any atom is 0.145 e. The number of hydrogen-bond donors (Lipinski definition) is 1. The topological polar surface area (TPSA) is 51.6 Å². The van der Waals surface area contributed by atoms with E-state index in [1.54, 1.807) is 7.11 Å². The van der Waals surface area contributed by atoms with Crippen LogP contribution in [-0.2, 0) is 4.74 Å². The fourth-order valence-corrected chi connectivity index (χ4v) is 1.76. The highest BCUT2D eigenvalue weighted by molar-refractivity contribution is 5.84. The molecule has 0 aliphatic rings. The molecule has 18 heavy (non-hydrogen) atoms. The second-order valence-corrected chi connectivity index (χ2v) is 4.20. The summed E-state index contributed by atoms with van der Waals surface area (Å²) >= 11 is 0. The number of nitrogens with zero attached hydrogens (tertiary/aromatic N) is 1. The molecule has 0 aliphatic heterocycles. The van der Waals surface area contributed by atoms with Gasteiger partial charge in [-0.05, 0) is 19.1 Å². The summed E-state index contributed by atoms with van der Waals surface area (Å²) in [6.07, 6.45) is -0.630. The third-order valence-electron chi connectivity index (χ3n) is 2.61. The van der Waals surface area contributed by atoms with Gasteiger partial charge in [-0.25, -0.2) is 4.98 Å². The number of pyridine rings is 1. The van der Waals surface area contributed by atoms with Crippen molar-refractivity contribution in [3.63, 3.8) is 0 Å². The molecular weight excluding hydrogens is 230 g/mol. The molecule has 0 aliphatic carbocycles. The van der Waals surface area contributed by atoms with Gasteiger partial charge in [-0.2, -0.15) is 0 Å². The molecule has 0 spiro atoms. The Labute approximate surface area is 106 Å². The Bertz CT molecular complexity index is 527. The summed E-state index contributed by atoms with van der Waals surface area (Å²) in [4.78, 5) is 4.46. The van der Waals surface area contributed by atoms with Crippen molar-refractivity contribution in [3.8, 4) is 5.75 Å². The van der Waals surface area contributed by atoms with Crippen molar-refractivity contribution in [1.82, 2.24) is 4.98 Å². The Hall–Kier alpha value is -1.65. The van der Waals surface area contributed by atoms with E-state index in [2.05, 4.69) is 4.98 Å². The van der Waals surface area contributed by atoms with E-state index in [0.29, 0.717) is 5.75 Å². The van der Waals surface area contributed by atoms with E-state index < -0.39 is 6.10 Å². The van der Waals surface area contributed by atoms with Gasteiger partial charge in [0.25, 0.3) is 0 Å². The van der Waals surface area contributed by atoms with Crippen molar-refractivity contribution >= 4 is 10.9 Å². The van der Waals surface area contributed by atoms with Crippen molar-refractivity contribution in [2.75, 3.05) is 20.3 Å². The molecule has 1 unspecified atom stereocenters. The van der Waals surface area contributed by atoms with Crippen LogP contribution < -0.4 is 4.74 Å². The number of hydrogen-bond acceptors (Lipinski definition) is 4. The van der Waals surface area contributed by atoms with Crippen LogP contribution in [0.1, 0.15) is 5.69 Å². The maximum absolute atomic E-state index is 9.57. The Morgan fingerprint density at radius 3 is 2.83 bits per heavy atom. The zero-order valence-corrected chi connectivity index (χ0v) is 10.6. The van der Waals surface area contributed by atoms with Gasteiger partial charge in [-0.3, -0.25) is 0 Å². The summed E-state index contributed by atoms with van der Waals surface area (Å²) in [5.41, 5.74) is 1.76. The molecule has 1 aromatic carbocycles. The van der Waals surface area contributed by atoms with Crippen LogP contribution in [0.5, 0.6) is 5.75 Å². The average Bonchev–Trinajstić information content (AvgIpc) is 2.36. The second-order valence-electron chi connectivity index (χ2n) is 4.20. The maximum atomic E-state index is 9.57. The third kappa shape index (κ3) is 2.97. The van der Waals surface area contributed by atoms with Crippen LogP contribution in [0.25, 0.3) is 10.9 Å². The molecule has 0 saturated heterocycles. The fraction of sp³-hybridized carbons (Fsp3) is 0.357. The molecule has 1 atom stereocenters. The van der Waals surface area contributed by atoms with Crippen LogP contribution in [0.2, 0.25) is 0 Å². The summed E-state index contributed by atoms with van der Waals surface area (Å²) in [7, 11) is 1.55. The van der Waals surface area contributed by atoms with Gasteiger partial charge >= 0.3 is 0 Å². The van der Waals surface area contributed by atoms with Crippen LogP contribution in [-0.4, -0.2) is 36.5 Å². The van der Waals surface area contributed by atoms with E-state index in [0.717, 1.165) is 16.6 Å². The summed E-state index contributed by atoms with van der Waals surface area (Å²) < 4.78 is 10.4. The van der Waals surface area contributed by atoms with Gasteiger partial charge < -0.3 is 14.6 Å². The molecule has 1 heterocycles. The number of aryl methyl sites for hydroxylation is 1. The zero-order chi connectivity index (χ0) is 13.0. The highest BCUT2D eigenvalue weighted by Crippen LogP contribution is 2.23. The Balaban J connectivity index is 2.19. The molecule has 0 bridgehead atoms. The molecule has 1 aromatic heterocycles. The first-order chi connectivity index (χ1) is 8.70. The summed E-state index contributed by atoms with van der Waals surface area (Å²) in [6, 6.07) is 9.73.